The first-order chi connectivity index (χ1) is 13.1. The monoisotopic (exact) mass is 360 g/mol. The van der Waals surface area contributed by atoms with E-state index in [0.29, 0.717) is 0 Å². The Labute approximate surface area is 161 Å². The zero-order chi connectivity index (χ0) is 19.0. The average Bonchev–Trinajstić information content (AvgIpc) is 2.85. The van der Waals surface area contributed by atoms with Crippen molar-refractivity contribution in [2.45, 2.75) is 33.1 Å². The van der Waals surface area contributed by atoms with E-state index in [1.54, 1.807) is 0 Å². The van der Waals surface area contributed by atoms with E-state index in [2.05, 4.69) is 85.3 Å². The molecule has 4 heteroatoms. The molecule has 3 aromatic rings. The van der Waals surface area contributed by atoms with Crippen LogP contribution >= 0.6 is 0 Å². The summed E-state index contributed by atoms with van der Waals surface area (Å²) in [7, 11) is 4.14. The van der Waals surface area contributed by atoms with Gasteiger partial charge in [0, 0.05) is 37.5 Å². The predicted molar refractivity (Wildman–Crippen MR) is 114 cm³/mol. The zero-order valence-electron chi connectivity index (χ0n) is 16.7. The normalized spacial score (nSPS) is 13.6. The largest absolute Gasteiger partial charge is 0.378 e. The van der Waals surface area contributed by atoms with Crippen LogP contribution in [0.15, 0.2) is 42.5 Å². The number of nitrogens with one attached hydrogen (secondary N) is 1. The fourth-order valence-corrected chi connectivity index (χ4v) is 3.79. The van der Waals surface area contributed by atoms with Crippen molar-refractivity contribution in [3.8, 4) is 16.9 Å². The summed E-state index contributed by atoms with van der Waals surface area (Å²) in [6, 6.07) is 15.2. The molecule has 2 aromatic carbocycles. The number of nitrogens with zero attached hydrogens (tertiary/aromatic N) is 3. The van der Waals surface area contributed by atoms with Crippen LogP contribution in [0.25, 0.3) is 16.9 Å². The van der Waals surface area contributed by atoms with Crippen LogP contribution < -0.4 is 10.2 Å². The van der Waals surface area contributed by atoms with Gasteiger partial charge in [0.2, 0.25) is 0 Å². The van der Waals surface area contributed by atoms with Crippen molar-refractivity contribution in [3.63, 3.8) is 0 Å². The molecule has 0 radical (unpaired) electrons. The minimum Gasteiger partial charge on any atom is -0.378 e. The maximum atomic E-state index is 5.09. The number of benzene rings is 2. The van der Waals surface area contributed by atoms with Crippen LogP contribution in [0.4, 0.5) is 11.5 Å². The minimum absolute atomic E-state index is 1.00. The minimum atomic E-state index is 1.00. The van der Waals surface area contributed by atoms with Crippen LogP contribution in [0.1, 0.15) is 29.5 Å². The first-order valence-electron chi connectivity index (χ1n) is 9.76. The van der Waals surface area contributed by atoms with Gasteiger partial charge in [-0.05, 0) is 62.4 Å². The van der Waals surface area contributed by atoms with Crippen LogP contribution in [0.3, 0.4) is 0 Å². The van der Waals surface area contributed by atoms with Gasteiger partial charge in [0.15, 0.2) is 0 Å². The van der Waals surface area contributed by atoms with Crippen molar-refractivity contribution in [2.75, 3.05) is 30.9 Å². The van der Waals surface area contributed by atoms with Gasteiger partial charge in [-0.1, -0.05) is 24.3 Å². The Morgan fingerprint density at radius 1 is 1.00 bits per heavy atom. The van der Waals surface area contributed by atoms with Crippen molar-refractivity contribution in [1.29, 1.82) is 0 Å². The van der Waals surface area contributed by atoms with Gasteiger partial charge >= 0.3 is 0 Å². The van der Waals surface area contributed by atoms with Crippen LogP contribution in [0, 0.1) is 13.8 Å². The molecule has 0 unspecified atom stereocenters. The van der Waals surface area contributed by atoms with Crippen molar-refractivity contribution >= 4 is 11.5 Å². The van der Waals surface area contributed by atoms with Crippen molar-refractivity contribution in [1.82, 2.24) is 9.78 Å². The Morgan fingerprint density at radius 3 is 2.52 bits per heavy atom. The molecule has 4 rings (SSSR count). The highest BCUT2D eigenvalue weighted by Gasteiger charge is 2.22. The molecule has 140 valence electrons. The third-order valence-corrected chi connectivity index (χ3v) is 5.59. The SMILES string of the molecule is Cc1cccc(-n2nc(-c3ccc(N(C)C)cc3)c3c2NCCCC3)c1C. The molecule has 2 heterocycles. The number of hydrogen-bond donors (Lipinski definition) is 1. The van der Waals surface area contributed by atoms with Crippen LogP contribution in [-0.2, 0) is 6.42 Å². The Hall–Kier alpha value is -2.75. The molecular weight excluding hydrogens is 332 g/mol. The second-order valence-electron chi connectivity index (χ2n) is 7.63. The maximum absolute atomic E-state index is 5.09. The Balaban J connectivity index is 1.88. The lowest BCUT2D eigenvalue weighted by Gasteiger charge is -2.13. The van der Waals surface area contributed by atoms with Crippen molar-refractivity contribution < 1.29 is 0 Å². The molecule has 0 saturated heterocycles. The lowest BCUT2D eigenvalue weighted by Crippen LogP contribution is -2.08. The van der Waals surface area contributed by atoms with Crippen LogP contribution in [0.2, 0.25) is 0 Å². The van der Waals surface area contributed by atoms with E-state index in [9.17, 15) is 0 Å². The van der Waals surface area contributed by atoms with Gasteiger partial charge in [0.25, 0.3) is 0 Å². The lowest BCUT2D eigenvalue weighted by atomic mass is 10.0. The van der Waals surface area contributed by atoms with E-state index in [4.69, 9.17) is 5.10 Å². The van der Waals surface area contributed by atoms with Gasteiger partial charge in [-0.15, -0.1) is 0 Å². The Bertz CT molecular complexity index is 951. The highest BCUT2D eigenvalue weighted by Crippen LogP contribution is 2.35. The smallest absolute Gasteiger partial charge is 0.133 e. The van der Waals surface area contributed by atoms with Crippen LogP contribution in [0.5, 0.6) is 0 Å². The summed E-state index contributed by atoms with van der Waals surface area (Å²) in [5.41, 5.74) is 8.57. The fraction of sp³-hybridized carbons (Fsp3) is 0.348. The average molecular weight is 361 g/mol. The molecule has 0 aliphatic carbocycles. The van der Waals surface area contributed by atoms with Crippen LogP contribution in [-0.4, -0.2) is 30.4 Å². The van der Waals surface area contributed by atoms with Gasteiger partial charge in [0.05, 0.1) is 11.4 Å². The summed E-state index contributed by atoms with van der Waals surface area (Å²) in [6.07, 6.45) is 3.46. The molecule has 1 N–H and O–H groups in total. The molecule has 0 atom stereocenters. The van der Waals surface area contributed by atoms with Gasteiger partial charge < -0.3 is 10.2 Å². The molecule has 0 spiro atoms. The topological polar surface area (TPSA) is 33.1 Å². The Kier molecular flexibility index (Phi) is 4.65. The van der Waals surface area contributed by atoms with E-state index >= 15 is 0 Å². The van der Waals surface area contributed by atoms with Gasteiger partial charge in [-0.2, -0.15) is 5.10 Å². The standard InChI is InChI=1S/C23H28N4/c1-16-8-7-10-21(17(16)2)27-23-20(9-5-6-15-24-23)22(25-27)18-11-13-19(14-12-18)26(3)4/h7-8,10-14,24H,5-6,9,15H2,1-4H3. The molecular formula is C23H28N4. The summed E-state index contributed by atoms with van der Waals surface area (Å²) in [6.45, 7) is 5.35. The number of hydrogen-bond acceptors (Lipinski definition) is 3. The van der Waals surface area contributed by atoms with E-state index in [1.807, 2.05) is 0 Å². The molecule has 0 fully saturated rings. The second-order valence-corrected chi connectivity index (χ2v) is 7.63. The van der Waals surface area contributed by atoms with E-state index in [1.165, 1.54) is 40.8 Å². The quantitative estimate of drug-likeness (QED) is 0.716. The maximum Gasteiger partial charge on any atom is 0.133 e. The summed E-state index contributed by atoms with van der Waals surface area (Å²) in [5.74, 6) is 1.16. The molecule has 27 heavy (non-hydrogen) atoms. The number of aryl methyl sites for hydroxylation is 1. The predicted octanol–water partition coefficient (Wildman–Crippen LogP) is 4.97. The number of aromatic nitrogens is 2. The number of anilines is 2. The van der Waals surface area contributed by atoms with Gasteiger partial charge in [-0.25, -0.2) is 4.68 Å². The molecule has 1 aromatic heterocycles. The van der Waals surface area contributed by atoms with E-state index < -0.39 is 0 Å². The molecule has 0 bridgehead atoms. The summed E-state index contributed by atoms with van der Waals surface area (Å²) < 4.78 is 2.12. The fourth-order valence-electron chi connectivity index (χ4n) is 3.79. The zero-order valence-corrected chi connectivity index (χ0v) is 16.7. The highest BCUT2D eigenvalue weighted by molar-refractivity contribution is 5.73. The molecule has 0 amide bonds. The number of fused-ring (bicyclic) bond motifs is 1. The van der Waals surface area contributed by atoms with E-state index in [-0.39, 0.29) is 0 Å². The molecule has 1 aliphatic heterocycles. The van der Waals surface area contributed by atoms with E-state index in [0.717, 1.165) is 30.2 Å². The molecule has 4 nitrogen and oxygen atoms in total. The number of rotatable bonds is 3. The van der Waals surface area contributed by atoms with Gasteiger partial charge in [0.1, 0.15) is 5.82 Å². The Morgan fingerprint density at radius 2 is 1.78 bits per heavy atom. The third-order valence-electron chi connectivity index (χ3n) is 5.59. The highest BCUT2D eigenvalue weighted by atomic mass is 15.3. The molecule has 1 aliphatic rings. The second kappa shape index (κ2) is 7.10. The van der Waals surface area contributed by atoms with Crippen molar-refractivity contribution in [2.24, 2.45) is 0 Å². The van der Waals surface area contributed by atoms with Gasteiger partial charge in [-0.3, -0.25) is 0 Å². The third kappa shape index (κ3) is 3.20. The first-order valence-corrected chi connectivity index (χ1v) is 9.76. The lowest BCUT2D eigenvalue weighted by molar-refractivity contribution is 0.779. The molecule has 0 saturated carbocycles. The summed E-state index contributed by atoms with van der Waals surface area (Å²) in [5, 5.41) is 8.74. The summed E-state index contributed by atoms with van der Waals surface area (Å²) in [4.78, 5) is 2.13. The summed E-state index contributed by atoms with van der Waals surface area (Å²) >= 11 is 0. The van der Waals surface area contributed by atoms with Crippen molar-refractivity contribution in [3.05, 3.63) is 59.2 Å². The first kappa shape index (κ1) is 17.7.